The number of carbonyl (C=O) groups excluding carboxylic acids is 1. The molecule has 3 nitrogen and oxygen atoms in total. The van der Waals surface area contributed by atoms with Crippen LogP contribution in [-0.4, -0.2) is 37.1 Å². The number of alkyl halides is 3. The molecule has 0 aliphatic heterocycles. The van der Waals surface area contributed by atoms with Gasteiger partial charge >= 0.3 is 6.18 Å². The third kappa shape index (κ3) is 5.52. The van der Waals surface area contributed by atoms with Gasteiger partial charge in [-0.3, -0.25) is 4.79 Å². The minimum Gasteiger partial charge on any atom is -0.340 e. The summed E-state index contributed by atoms with van der Waals surface area (Å²) in [6.45, 7) is -1.78. The van der Waals surface area contributed by atoms with Crippen molar-refractivity contribution in [3.63, 3.8) is 0 Å². The number of amides is 1. The van der Waals surface area contributed by atoms with Crippen LogP contribution in [0.15, 0.2) is 18.2 Å². The molecule has 0 radical (unpaired) electrons. The third-order valence-electron chi connectivity index (χ3n) is 2.43. The molecule has 1 aromatic rings. The van der Waals surface area contributed by atoms with Crippen molar-refractivity contribution in [3.05, 3.63) is 35.4 Å². The van der Waals surface area contributed by atoms with Crippen molar-refractivity contribution in [3.8, 4) is 0 Å². The highest BCUT2D eigenvalue weighted by atomic mass is 19.4. The van der Waals surface area contributed by atoms with Crippen LogP contribution in [0.4, 0.5) is 22.0 Å². The molecule has 1 amide bonds. The molecule has 112 valence electrons. The van der Waals surface area contributed by atoms with E-state index in [4.69, 9.17) is 0 Å². The molecular weight excluding hydrogens is 283 g/mol. The Labute approximate surface area is 112 Å². The van der Waals surface area contributed by atoms with Gasteiger partial charge in [0.05, 0.1) is 13.1 Å². The lowest BCUT2D eigenvalue weighted by Gasteiger charge is -2.18. The molecule has 0 saturated heterocycles. The van der Waals surface area contributed by atoms with Gasteiger partial charge in [-0.2, -0.15) is 13.2 Å². The van der Waals surface area contributed by atoms with Gasteiger partial charge in [0.2, 0.25) is 5.91 Å². The number of carbonyl (C=O) groups is 1. The summed E-state index contributed by atoms with van der Waals surface area (Å²) < 4.78 is 61.3. The molecule has 1 N–H and O–H groups in total. The van der Waals surface area contributed by atoms with E-state index in [1.807, 2.05) is 5.32 Å². The lowest BCUT2D eigenvalue weighted by molar-refractivity contribution is -0.133. The van der Waals surface area contributed by atoms with E-state index in [0.29, 0.717) is 5.56 Å². The number of likely N-dealkylation sites (N-methyl/N-ethyl adjacent to an activating group) is 1. The molecule has 0 atom stereocenters. The Morgan fingerprint density at radius 2 is 1.90 bits per heavy atom. The Kier molecular flexibility index (Phi) is 5.43. The number of nitrogens with one attached hydrogen (secondary N) is 1. The number of nitrogens with zero attached hydrogens (tertiary/aromatic N) is 1. The quantitative estimate of drug-likeness (QED) is 0.844. The van der Waals surface area contributed by atoms with Crippen LogP contribution < -0.4 is 5.32 Å². The fourth-order valence-electron chi connectivity index (χ4n) is 1.45. The predicted molar refractivity (Wildman–Crippen MR) is 61.8 cm³/mol. The van der Waals surface area contributed by atoms with E-state index in [1.165, 1.54) is 13.1 Å². The molecule has 1 aromatic carbocycles. The number of rotatable bonds is 5. The van der Waals surface area contributed by atoms with Crippen LogP contribution in [-0.2, 0) is 11.3 Å². The Morgan fingerprint density at radius 3 is 2.45 bits per heavy atom. The van der Waals surface area contributed by atoms with E-state index in [1.54, 1.807) is 0 Å². The molecule has 0 unspecified atom stereocenters. The Bertz CT molecular complexity index is 475. The standard InChI is InChI=1S/C12H13F5N2O/c1-19(11(20)5-18-7-12(15,16)17)6-8-2-3-9(13)10(14)4-8/h2-4,18H,5-7H2,1H3. The number of halogens is 5. The maximum atomic E-state index is 12.9. The largest absolute Gasteiger partial charge is 0.401 e. The SMILES string of the molecule is CN(Cc1ccc(F)c(F)c1)C(=O)CNCC(F)(F)F. The Balaban J connectivity index is 2.47. The van der Waals surface area contributed by atoms with Crippen LogP contribution in [0.3, 0.4) is 0 Å². The van der Waals surface area contributed by atoms with Crippen molar-refractivity contribution in [1.29, 1.82) is 0 Å². The molecule has 0 aliphatic carbocycles. The maximum Gasteiger partial charge on any atom is 0.401 e. The van der Waals surface area contributed by atoms with Gasteiger partial charge in [0.25, 0.3) is 0 Å². The summed E-state index contributed by atoms with van der Waals surface area (Å²) in [5.74, 6) is -2.63. The molecule has 0 bridgehead atoms. The molecule has 0 aliphatic rings. The van der Waals surface area contributed by atoms with Crippen LogP contribution in [0.2, 0.25) is 0 Å². The van der Waals surface area contributed by atoms with Crippen molar-refractivity contribution in [2.75, 3.05) is 20.1 Å². The lowest BCUT2D eigenvalue weighted by Crippen LogP contribution is -2.38. The van der Waals surface area contributed by atoms with Crippen molar-refractivity contribution < 1.29 is 26.7 Å². The van der Waals surface area contributed by atoms with Crippen molar-refractivity contribution in [2.45, 2.75) is 12.7 Å². The number of benzene rings is 1. The van der Waals surface area contributed by atoms with Crippen molar-refractivity contribution >= 4 is 5.91 Å². The van der Waals surface area contributed by atoms with E-state index in [-0.39, 0.29) is 6.54 Å². The Morgan fingerprint density at radius 1 is 1.25 bits per heavy atom. The fourth-order valence-corrected chi connectivity index (χ4v) is 1.45. The third-order valence-corrected chi connectivity index (χ3v) is 2.43. The van der Waals surface area contributed by atoms with Crippen LogP contribution in [0, 0.1) is 11.6 Å². The normalized spacial score (nSPS) is 11.5. The predicted octanol–water partition coefficient (Wildman–Crippen LogP) is 2.08. The van der Waals surface area contributed by atoms with Crippen molar-refractivity contribution in [2.24, 2.45) is 0 Å². The first-order valence-corrected chi connectivity index (χ1v) is 5.64. The first-order chi connectivity index (χ1) is 9.19. The van der Waals surface area contributed by atoms with Crippen LogP contribution >= 0.6 is 0 Å². The molecule has 1 rings (SSSR count). The first kappa shape index (κ1) is 16.4. The monoisotopic (exact) mass is 296 g/mol. The summed E-state index contributed by atoms with van der Waals surface area (Å²) in [5, 5.41) is 1.96. The van der Waals surface area contributed by atoms with Crippen molar-refractivity contribution in [1.82, 2.24) is 10.2 Å². The zero-order chi connectivity index (χ0) is 15.3. The van der Waals surface area contributed by atoms with Crippen LogP contribution in [0.1, 0.15) is 5.56 Å². The van der Waals surface area contributed by atoms with Gasteiger partial charge in [-0.05, 0) is 17.7 Å². The second kappa shape index (κ2) is 6.65. The molecule has 0 heterocycles. The maximum absolute atomic E-state index is 12.9. The summed E-state index contributed by atoms with van der Waals surface area (Å²) in [5.41, 5.74) is 0.343. The molecule has 8 heteroatoms. The van der Waals surface area contributed by atoms with Crippen LogP contribution in [0.5, 0.6) is 0 Å². The van der Waals surface area contributed by atoms with E-state index >= 15 is 0 Å². The fraction of sp³-hybridized carbons (Fsp3) is 0.417. The molecule has 0 saturated carbocycles. The van der Waals surface area contributed by atoms with Gasteiger partial charge in [0, 0.05) is 13.6 Å². The molecule has 0 spiro atoms. The zero-order valence-electron chi connectivity index (χ0n) is 10.6. The number of hydrogen-bond donors (Lipinski definition) is 1. The summed E-state index contributed by atoms with van der Waals surface area (Å²) >= 11 is 0. The first-order valence-electron chi connectivity index (χ1n) is 5.64. The topological polar surface area (TPSA) is 32.3 Å². The summed E-state index contributed by atoms with van der Waals surface area (Å²) in [4.78, 5) is 12.6. The minimum atomic E-state index is -4.39. The van der Waals surface area contributed by atoms with Gasteiger partial charge in [-0.25, -0.2) is 8.78 Å². The summed E-state index contributed by atoms with van der Waals surface area (Å²) in [6, 6.07) is 3.15. The minimum absolute atomic E-state index is 0.0241. The number of hydrogen-bond acceptors (Lipinski definition) is 2. The molecule has 0 aromatic heterocycles. The highest BCUT2D eigenvalue weighted by Crippen LogP contribution is 2.12. The highest BCUT2D eigenvalue weighted by Gasteiger charge is 2.26. The van der Waals surface area contributed by atoms with E-state index < -0.39 is 36.8 Å². The van der Waals surface area contributed by atoms with Gasteiger partial charge in [0.15, 0.2) is 11.6 Å². The van der Waals surface area contributed by atoms with E-state index in [0.717, 1.165) is 17.0 Å². The average Bonchev–Trinajstić information content (AvgIpc) is 2.32. The van der Waals surface area contributed by atoms with E-state index in [9.17, 15) is 26.7 Å². The highest BCUT2D eigenvalue weighted by molar-refractivity contribution is 5.77. The average molecular weight is 296 g/mol. The smallest absolute Gasteiger partial charge is 0.340 e. The molecule has 20 heavy (non-hydrogen) atoms. The molecular formula is C12H13F5N2O. The second-order valence-electron chi connectivity index (χ2n) is 4.22. The van der Waals surface area contributed by atoms with Gasteiger partial charge < -0.3 is 10.2 Å². The van der Waals surface area contributed by atoms with Gasteiger partial charge in [-0.1, -0.05) is 6.07 Å². The summed E-state index contributed by atoms with van der Waals surface area (Å²) in [6.07, 6.45) is -4.39. The van der Waals surface area contributed by atoms with E-state index in [2.05, 4.69) is 0 Å². The summed E-state index contributed by atoms with van der Waals surface area (Å²) in [7, 11) is 1.36. The zero-order valence-corrected chi connectivity index (χ0v) is 10.6. The van der Waals surface area contributed by atoms with Gasteiger partial charge in [-0.15, -0.1) is 0 Å². The second-order valence-corrected chi connectivity index (χ2v) is 4.22. The Hall–Kier alpha value is -1.70. The lowest BCUT2D eigenvalue weighted by atomic mass is 10.2. The van der Waals surface area contributed by atoms with Crippen LogP contribution in [0.25, 0.3) is 0 Å². The molecule has 0 fully saturated rings. The van der Waals surface area contributed by atoms with Gasteiger partial charge in [0.1, 0.15) is 0 Å².